The van der Waals surface area contributed by atoms with E-state index in [4.69, 9.17) is 0 Å². The number of likely N-dealkylation sites (N-methyl/N-ethyl adjacent to an activating group) is 1. The van der Waals surface area contributed by atoms with Crippen molar-refractivity contribution in [3.05, 3.63) is 40.3 Å². The molecule has 0 aliphatic heterocycles. The largest absolute Gasteiger partial charge is 0.355 e. The Morgan fingerprint density at radius 2 is 1.90 bits per heavy atom. The first kappa shape index (κ1) is 14.7. The molecule has 7 nitrogen and oxygen atoms in total. The molecule has 0 saturated carbocycles. The van der Waals surface area contributed by atoms with E-state index in [1.807, 2.05) is 0 Å². The van der Waals surface area contributed by atoms with Gasteiger partial charge in [-0.25, -0.2) is 4.68 Å². The van der Waals surface area contributed by atoms with E-state index < -0.39 is 11.5 Å². The van der Waals surface area contributed by atoms with Crippen LogP contribution in [0.15, 0.2) is 29.1 Å². The van der Waals surface area contributed by atoms with Crippen LogP contribution in [0.1, 0.15) is 17.4 Å². The molecular weight excluding hydrogens is 272 g/mol. The molecule has 2 N–H and O–H groups in total. The van der Waals surface area contributed by atoms with Gasteiger partial charge in [0.05, 0.1) is 5.39 Å². The maximum absolute atomic E-state index is 12.3. The number of aromatic nitrogens is 2. The number of rotatable bonds is 4. The molecule has 0 unspecified atom stereocenters. The minimum absolute atomic E-state index is 0.122. The number of fused-ring (bicyclic) bond motifs is 1. The normalized spacial score (nSPS) is 10.4. The average Bonchev–Trinajstić information content (AvgIpc) is 2.49. The van der Waals surface area contributed by atoms with Gasteiger partial charge in [-0.3, -0.25) is 14.4 Å². The Bertz CT molecular complexity index is 751. The van der Waals surface area contributed by atoms with Crippen molar-refractivity contribution in [2.45, 2.75) is 13.5 Å². The van der Waals surface area contributed by atoms with Crippen LogP contribution in [0, 0.1) is 0 Å². The highest BCUT2D eigenvalue weighted by atomic mass is 16.2. The molecule has 1 aromatic carbocycles. The van der Waals surface area contributed by atoms with Gasteiger partial charge in [-0.2, -0.15) is 5.10 Å². The third-order valence-electron chi connectivity index (χ3n) is 2.98. The predicted molar refractivity (Wildman–Crippen MR) is 78.1 cm³/mol. The highest BCUT2D eigenvalue weighted by Gasteiger charge is 2.16. The minimum atomic E-state index is -0.407. The van der Waals surface area contributed by atoms with Gasteiger partial charge in [-0.15, -0.1) is 0 Å². The van der Waals surface area contributed by atoms with Gasteiger partial charge in [0, 0.05) is 19.0 Å². The van der Waals surface area contributed by atoms with Crippen molar-refractivity contribution in [1.82, 2.24) is 20.4 Å². The second-order valence-corrected chi connectivity index (χ2v) is 4.39. The molecule has 1 aromatic heterocycles. The predicted octanol–water partition coefficient (Wildman–Crippen LogP) is -0.108. The van der Waals surface area contributed by atoms with Crippen LogP contribution in [-0.4, -0.2) is 35.2 Å². The van der Waals surface area contributed by atoms with Gasteiger partial charge < -0.3 is 10.6 Å². The van der Waals surface area contributed by atoms with E-state index >= 15 is 0 Å². The second-order valence-electron chi connectivity index (χ2n) is 4.39. The molecule has 0 spiro atoms. The molecule has 0 atom stereocenters. The lowest BCUT2D eigenvalue weighted by molar-refractivity contribution is -0.121. The van der Waals surface area contributed by atoms with E-state index in [0.717, 1.165) is 4.68 Å². The molecule has 21 heavy (non-hydrogen) atoms. The molecule has 0 radical (unpaired) electrons. The Balaban J connectivity index is 2.61. The van der Waals surface area contributed by atoms with E-state index in [9.17, 15) is 14.4 Å². The molecule has 2 rings (SSSR count). The summed E-state index contributed by atoms with van der Waals surface area (Å²) in [6.45, 7) is 2.02. The number of amides is 2. The molecular formula is C14H16N4O3. The van der Waals surface area contributed by atoms with Crippen LogP contribution in [-0.2, 0) is 11.3 Å². The molecule has 0 aliphatic rings. The van der Waals surface area contributed by atoms with Crippen LogP contribution in [0.4, 0.5) is 0 Å². The molecule has 0 saturated heterocycles. The topological polar surface area (TPSA) is 93.1 Å². The Morgan fingerprint density at radius 3 is 2.52 bits per heavy atom. The van der Waals surface area contributed by atoms with Crippen LogP contribution >= 0.6 is 0 Å². The summed E-state index contributed by atoms with van der Waals surface area (Å²) >= 11 is 0. The van der Waals surface area contributed by atoms with Crippen LogP contribution < -0.4 is 16.2 Å². The molecule has 0 fully saturated rings. The number of carbonyl (C=O) groups excluding carboxylic acids is 2. The lowest BCUT2D eigenvalue weighted by atomic mass is 10.1. The van der Waals surface area contributed by atoms with Gasteiger partial charge in [0.2, 0.25) is 5.91 Å². The van der Waals surface area contributed by atoms with Crippen molar-refractivity contribution in [2.24, 2.45) is 0 Å². The third-order valence-corrected chi connectivity index (χ3v) is 2.98. The van der Waals surface area contributed by atoms with Crippen molar-refractivity contribution >= 4 is 22.6 Å². The maximum atomic E-state index is 12.3. The van der Waals surface area contributed by atoms with E-state index in [-0.39, 0.29) is 18.1 Å². The van der Waals surface area contributed by atoms with Crippen LogP contribution in [0.5, 0.6) is 0 Å². The number of benzene rings is 1. The van der Waals surface area contributed by atoms with Crippen molar-refractivity contribution < 1.29 is 9.59 Å². The molecule has 0 bridgehead atoms. The van der Waals surface area contributed by atoms with Gasteiger partial charge in [0.15, 0.2) is 5.69 Å². The quantitative estimate of drug-likeness (QED) is 0.821. The van der Waals surface area contributed by atoms with E-state index in [1.165, 1.54) is 7.05 Å². The fraction of sp³-hybridized carbons (Fsp3) is 0.286. The van der Waals surface area contributed by atoms with E-state index in [1.54, 1.807) is 31.2 Å². The Labute approximate surface area is 121 Å². The zero-order valence-electron chi connectivity index (χ0n) is 11.8. The smallest absolute Gasteiger partial charge is 0.275 e. The van der Waals surface area contributed by atoms with Gasteiger partial charge in [0.25, 0.3) is 11.5 Å². The first-order chi connectivity index (χ1) is 10.1. The molecule has 2 amide bonds. The first-order valence-corrected chi connectivity index (χ1v) is 6.57. The molecule has 0 aliphatic carbocycles. The third kappa shape index (κ3) is 2.91. The highest BCUT2D eigenvalue weighted by molar-refractivity contribution is 6.04. The SMILES string of the molecule is CCNC(=O)Cn1nc(C(=O)NC)c2ccccc2c1=O. The lowest BCUT2D eigenvalue weighted by Crippen LogP contribution is -2.35. The fourth-order valence-electron chi connectivity index (χ4n) is 2.02. The summed E-state index contributed by atoms with van der Waals surface area (Å²) < 4.78 is 1.01. The second kappa shape index (κ2) is 6.17. The van der Waals surface area contributed by atoms with Crippen LogP contribution in [0.2, 0.25) is 0 Å². The van der Waals surface area contributed by atoms with Gasteiger partial charge >= 0.3 is 0 Å². The summed E-state index contributed by atoms with van der Waals surface area (Å²) in [6.07, 6.45) is 0. The fourth-order valence-corrected chi connectivity index (χ4v) is 2.02. The summed E-state index contributed by atoms with van der Waals surface area (Å²) in [6, 6.07) is 6.70. The summed E-state index contributed by atoms with van der Waals surface area (Å²) in [5.41, 5.74) is -0.276. The zero-order valence-corrected chi connectivity index (χ0v) is 11.8. The van der Waals surface area contributed by atoms with Gasteiger partial charge in [-0.05, 0) is 13.0 Å². The van der Waals surface area contributed by atoms with Crippen molar-refractivity contribution in [1.29, 1.82) is 0 Å². The van der Waals surface area contributed by atoms with Gasteiger partial charge in [-0.1, -0.05) is 18.2 Å². The maximum Gasteiger partial charge on any atom is 0.275 e. The molecule has 110 valence electrons. The van der Waals surface area contributed by atoms with E-state index in [2.05, 4.69) is 15.7 Å². The number of nitrogens with one attached hydrogen (secondary N) is 2. The van der Waals surface area contributed by atoms with Crippen molar-refractivity contribution in [2.75, 3.05) is 13.6 Å². The average molecular weight is 288 g/mol. The van der Waals surface area contributed by atoms with Crippen LogP contribution in [0.3, 0.4) is 0 Å². The summed E-state index contributed by atoms with van der Waals surface area (Å²) in [5, 5.41) is 9.92. The Morgan fingerprint density at radius 1 is 1.24 bits per heavy atom. The monoisotopic (exact) mass is 288 g/mol. The summed E-state index contributed by atoms with van der Waals surface area (Å²) in [7, 11) is 1.48. The number of carbonyl (C=O) groups is 2. The Kier molecular flexibility index (Phi) is 4.32. The van der Waals surface area contributed by atoms with Crippen molar-refractivity contribution in [3.8, 4) is 0 Å². The Hall–Kier alpha value is -2.70. The van der Waals surface area contributed by atoms with E-state index in [0.29, 0.717) is 17.3 Å². The zero-order chi connectivity index (χ0) is 15.4. The first-order valence-electron chi connectivity index (χ1n) is 6.57. The molecule has 2 aromatic rings. The summed E-state index contributed by atoms with van der Waals surface area (Å²) in [5.74, 6) is -0.735. The number of nitrogens with zero attached hydrogens (tertiary/aromatic N) is 2. The molecule has 7 heteroatoms. The number of hydrogen-bond donors (Lipinski definition) is 2. The summed E-state index contributed by atoms with van der Waals surface area (Å²) in [4.78, 5) is 35.9. The molecule has 1 heterocycles. The standard InChI is InChI=1S/C14H16N4O3/c1-3-16-11(19)8-18-14(21)10-7-5-4-6-9(10)12(17-18)13(20)15-2/h4-7H,3,8H2,1-2H3,(H,15,20)(H,16,19). The highest BCUT2D eigenvalue weighted by Crippen LogP contribution is 2.12. The minimum Gasteiger partial charge on any atom is -0.355 e. The van der Waals surface area contributed by atoms with Crippen molar-refractivity contribution in [3.63, 3.8) is 0 Å². The van der Waals surface area contributed by atoms with Gasteiger partial charge in [0.1, 0.15) is 6.54 Å². The number of hydrogen-bond acceptors (Lipinski definition) is 4. The lowest BCUT2D eigenvalue weighted by Gasteiger charge is -2.10. The van der Waals surface area contributed by atoms with Crippen LogP contribution in [0.25, 0.3) is 10.8 Å².